The van der Waals surface area contributed by atoms with Gasteiger partial charge in [0.2, 0.25) is 0 Å². The molecule has 0 bridgehead atoms. The van der Waals surface area contributed by atoms with Gasteiger partial charge < -0.3 is 14.5 Å². The molecule has 0 aliphatic carbocycles. The minimum absolute atomic E-state index is 0.0937. The Kier molecular flexibility index (Phi) is 5.16. The van der Waals surface area contributed by atoms with Crippen molar-refractivity contribution in [2.24, 2.45) is 0 Å². The van der Waals surface area contributed by atoms with E-state index in [1.54, 1.807) is 7.11 Å². The minimum atomic E-state index is 0.0937. The Morgan fingerprint density at radius 1 is 1.25 bits per heavy atom. The maximum Gasteiger partial charge on any atom is 0.265 e. The van der Waals surface area contributed by atoms with E-state index >= 15 is 0 Å². The van der Waals surface area contributed by atoms with E-state index in [0.29, 0.717) is 6.61 Å². The van der Waals surface area contributed by atoms with E-state index in [0.717, 1.165) is 41.8 Å². The van der Waals surface area contributed by atoms with Crippen LogP contribution in [0.25, 0.3) is 0 Å². The van der Waals surface area contributed by atoms with E-state index in [2.05, 4.69) is 41.1 Å². The van der Waals surface area contributed by atoms with Gasteiger partial charge in [-0.2, -0.15) is 0 Å². The SMILES string of the molecule is COCc1nc(C)c(C(=O)N2CCN(c3cccc(C)c3)CC2)s1. The van der Waals surface area contributed by atoms with Crippen LogP contribution in [0.4, 0.5) is 5.69 Å². The van der Waals surface area contributed by atoms with Crippen LogP contribution in [0.2, 0.25) is 0 Å². The molecule has 1 aliphatic rings. The number of rotatable bonds is 4. The average molecular weight is 345 g/mol. The Hall–Kier alpha value is -1.92. The molecule has 6 heteroatoms. The van der Waals surface area contributed by atoms with Gasteiger partial charge in [0, 0.05) is 39.0 Å². The lowest BCUT2D eigenvalue weighted by atomic mass is 10.2. The molecule has 128 valence electrons. The molecule has 1 aromatic heterocycles. The monoisotopic (exact) mass is 345 g/mol. The van der Waals surface area contributed by atoms with Gasteiger partial charge in [0.25, 0.3) is 5.91 Å². The zero-order valence-electron chi connectivity index (χ0n) is 14.4. The summed E-state index contributed by atoms with van der Waals surface area (Å²) in [6, 6.07) is 8.52. The molecule has 2 heterocycles. The van der Waals surface area contributed by atoms with Gasteiger partial charge in [-0.1, -0.05) is 12.1 Å². The van der Waals surface area contributed by atoms with Crippen molar-refractivity contribution in [3.63, 3.8) is 0 Å². The predicted octanol–water partition coefficient (Wildman–Crippen LogP) is 2.87. The molecule has 0 saturated carbocycles. The maximum absolute atomic E-state index is 12.8. The second-order valence-electron chi connectivity index (χ2n) is 6.07. The number of hydrogen-bond donors (Lipinski definition) is 0. The molecule has 0 atom stereocenters. The summed E-state index contributed by atoms with van der Waals surface area (Å²) in [6.07, 6.45) is 0. The van der Waals surface area contributed by atoms with Crippen molar-refractivity contribution < 1.29 is 9.53 Å². The smallest absolute Gasteiger partial charge is 0.265 e. The predicted molar refractivity (Wildman–Crippen MR) is 96.9 cm³/mol. The third-order valence-electron chi connectivity index (χ3n) is 4.24. The van der Waals surface area contributed by atoms with E-state index in [9.17, 15) is 4.79 Å². The van der Waals surface area contributed by atoms with Gasteiger partial charge in [-0.15, -0.1) is 11.3 Å². The van der Waals surface area contributed by atoms with Crippen LogP contribution in [0.5, 0.6) is 0 Å². The van der Waals surface area contributed by atoms with E-state index in [1.807, 2.05) is 11.8 Å². The fourth-order valence-electron chi connectivity index (χ4n) is 2.97. The first-order valence-electron chi connectivity index (χ1n) is 8.14. The normalized spacial score (nSPS) is 15.0. The summed E-state index contributed by atoms with van der Waals surface area (Å²) in [5, 5.41) is 0.858. The van der Waals surface area contributed by atoms with Gasteiger partial charge in [0.05, 0.1) is 12.3 Å². The Morgan fingerprint density at radius 2 is 2.00 bits per heavy atom. The summed E-state index contributed by atoms with van der Waals surface area (Å²) < 4.78 is 5.11. The van der Waals surface area contributed by atoms with E-state index in [-0.39, 0.29) is 5.91 Å². The Morgan fingerprint density at radius 3 is 2.67 bits per heavy atom. The first-order valence-corrected chi connectivity index (χ1v) is 8.96. The highest BCUT2D eigenvalue weighted by Gasteiger charge is 2.25. The van der Waals surface area contributed by atoms with Crippen molar-refractivity contribution in [3.05, 3.63) is 45.4 Å². The Labute approximate surface area is 146 Å². The summed E-state index contributed by atoms with van der Waals surface area (Å²) in [5.74, 6) is 0.0937. The second-order valence-corrected chi connectivity index (χ2v) is 7.16. The number of amides is 1. The van der Waals surface area contributed by atoms with E-state index in [1.165, 1.54) is 22.6 Å². The number of aryl methyl sites for hydroxylation is 2. The molecule has 2 aromatic rings. The fraction of sp³-hybridized carbons (Fsp3) is 0.444. The molecule has 1 aliphatic heterocycles. The van der Waals surface area contributed by atoms with E-state index < -0.39 is 0 Å². The van der Waals surface area contributed by atoms with Gasteiger partial charge >= 0.3 is 0 Å². The standard InChI is InChI=1S/C18H23N3O2S/c1-13-5-4-6-15(11-13)20-7-9-21(10-8-20)18(22)17-14(2)19-16(24-17)12-23-3/h4-6,11H,7-10,12H2,1-3H3. The third kappa shape index (κ3) is 3.60. The number of ether oxygens (including phenoxy) is 1. The third-order valence-corrected chi connectivity index (χ3v) is 5.36. The van der Waals surface area contributed by atoms with Crippen molar-refractivity contribution >= 4 is 22.9 Å². The van der Waals surface area contributed by atoms with Gasteiger partial charge in [0.15, 0.2) is 0 Å². The molecule has 0 radical (unpaired) electrons. The zero-order chi connectivity index (χ0) is 17.1. The highest BCUT2D eigenvalue weighted by atomic mass is 32.1. The molecule has 1 fully saturated rings. The molecule has 3 rings (SSSR count). The number of aromatic nitrogens is 1. The van der Waals surface area contributed by atoms with Gasteiger partial charge in [-0.25, -0.2) is 4.98 Å². The molecular weight excluding hydrogens is 322 g/mol. The van der Waals surface area contributed by atoms with E-state index in [4.69, 9.17) is 4.74 Å². The molecule has 0 N–H and O–H groups in total. The van der Waals surface area contributed by atoms with Crippen LogP contribution < -0.4 is 4.90 Å². The van der Waals surface area contributed by atoms with Crippen LogP contribution in [0.3, 0.4) is 0 Å². The summed E-state index contributed by atoms with van der Waals surface area (Å²) >= 11 is 1.44. The average Bonchev–Trinajstić information content (AvgIpc) is 2.95. The number of piperazine rings is 1. The first kappa shape index (κ1) is 16.9. The summed E-state index contributed by atoms with van der Waals surface area (Å²) in [7, 11) is 1.64. The highest BCUT2D eigenvalue weighted by Crippen LogP contribution is 2.23. The lowest BCUT2D eigenvalue weighted by Gasteiger charge is -2.36. The van der Waals surface area contributed by atoms with Crippen molar-refractivity contribution in [1.82, 2.24) is 9.88 Å². The van der Waals surface area contributed by atoms with Crippen LogP contribution in [-0.4, -0.2) is 49.1 Å². The fourth-order valence-corrected chi connectivity index (χ4v) is 3.98. The number of methoxy groups -OCH3 is 1. The maximum atomic E-state index is 12.8. The van der Waals surface area contributed by atoms with Crippen molar-refractivity contribution in [2.75, 3.05) is 38.2 Å². The largest absolute Gasteiger partial charge is 0.378 e. The summed E-state index contributed by atoms with van der Waals surface area (Å²) in [6.45, 7) is 7.66. The molecule has 0 spiro atoms. The van der Waals surface area contributed by atoms with Crippen LogP contribution in [0.15, 0.2) is 24.3 Å². The Balaban J connectivity index is 1.65. The molecule has 1 saturated heterocycles. The molecule has 1 aromatic carbocycles. The molecule has 1 amide bonds. The summed E-state index contributed by atoms with van der Waals surface area (Å²) in [4.78, 5) is 22.2. The molecule has 0 unspecified atom stereocenters. The molecular formula is C18H23N3O2S. The number of carbonyl (C=O) groups is 1. The number of thiazole rings is 1. The van der Waals surface area contributed by atoms with Crippen LogP contribution in [-0.2, 0) is 11.3 Å². The zero-order valence-corrected chi connectivity index (χ0v) is 15.2. The quantitative estimate of drug-likeness (QED) is 0.855. The first-order chi connectivity index (χ1) is 11.6. The number of hydrogen-bond acceptors (Lipinski definition) is 5. The minimum Gasteiger partial charge on any atom is -0.378 e. The topological polar surface area (TPSA) is 45.7 Å². The van der Waals surface area contributed by atoms with Crippen molar-refractivity contribution in [2.45, 2.75) is 20.5 Å². The molecule has 24 heavy (non-hydrogen) atoms. The second kappa shape index (κ2) is 7.32. The lowest BCUT2D eigenvalue weighted by Crippen LogP contribution is -2.48. The number of benzene rings is 1. The summed E-state index contributed by atoms with van der Waals surface area (Å²) in [5.41, 5.74) is 3.30. The van der Waals surface area contributed by atoms with Gasteiger partial charge in [-0.05, 0) is 31.5 Å². The number of anilines is 1. The van der Waals surface area contributed by atoms with Crippen LogP contribution >= 0.6 is 11.3 Å². The number of carbonyl (C=O) groups excluding carboxylic acids is 1. The molecule has 5 nitrogen and oxygen atoms in total. The lowest BCUT2D eigenvalue weighted by molar-refractivity contribution is 0.0750. The number of nitrogens with zero attached hydrogens (tertiary/aromatic N) is 3. The van der Waals surface area contributed by atoms with Crippen LogP contribution in [0, 0.1) is 13.8 Å². The van der Waals surface area contributed by atoms with Crippen molar-refractivity contribution in [3.8, 4) is 0 Å². The van der Waals surface area contributed by atoms with Crippen molar-refractivity contribution in [1.29, 1.82) is 0 Å². The van der Waals surface area contributed by atoms with Crippen LogP contribution in [0.1, 0.15) is 25.9 Å². The van der Waals surface area contributed by atoms with Gasteiger partial charge in [0.1, 0.15) is 9.88 Å². The van der Waals surface area contributed by atoms with Gasteiger partial charge in [-0.3, -0.25) is 4.79 Å². The Bertz CT molecular complexity index is 721. The highest BCUT2D eigenvalue weighted by molar-refractivity contribution is 7.13.